The van der Waals surface area contributed by atoms with Crippen molar-refractivity contribution in [3.8, 4) is 17.2 Å². The quantitative estimate of drug-likeness (QED) is 0.382. The fourth-order valence-corrected chi connectivity index (χ4v) is 5.63. The smallest absolute Gasteiger partial charge is 0.345 e. The van der Waals surface area contributed by atoms with Gasteiger partial charge in [-0.15, -0.1) is 0 Å². The monoisotopic (exact) mass is 615 g/mol. The fourth-order valence-electron chi connectivity index (χ4n) is 5.63. The van der Waals surface area contributed by atoms with Gasteiger partial charge in [-0.25, -0.2) is 4.79 Å². The van der Waals surface area contributed by atoms with Crippen LogP contribution in [0.4, 0.5) is 0 Å². The van der Waals surface area contributed by atoms with Gasteiger partial charge in [-0.1, -0.05) is 12.1 Å². The fraction of sp³-hybridized carbons (Fsp3) is 0.424. The number of hydrogen-bond donors (Lipinski definition) is 3. The molecule has 1 aromatic heterocycles. The largest absolute Gasteiger partial charge is 0.493 e. The Kier molecular flexibility index (Phi) is 8.72. The first-order valence-corrected chi connectivity index (χ1v) is 15.3. The maximum absolute atomic E-state index is 13.6. The molecule has 3 N–H and O–H groups in total. The van der Waals surface area contributed by atoms with Gasteiger partial charge in [-0.3, -0.25) is 14.4 Å². The van der Waals surface area contributed by atoms with Crippen molar-refractivity contribution >= 4 is 17.7 Å². The highest BCUT2D eigenvalue weighted by Gasteiger charge is 2.38. The van der Waals surface area contributed by atoms with Crippen LogP contribution >= 0.6 is 0 Å². The Morgan fingerprint density at radius 1 is 1.04 bits per heavy atom. The van der Waals surface area contributed by atoms with Crippen LogP contribution in [0.25, 0.3) is 0 Å². The van der Waals surface area contributed by atoms with E-state index in [9.17, 15) is 19.2 Å². The number of aryl methyl sites for hydroxylation is 2. The second-order valence-corrected chi connectivity index (χ2v) is 11.9. The standard InChI is InChI=1S/C33H37N5O7/c1-19-27(20(2)36-33(42)35-19)9-10-31(40)38-15-28-29(16-38)45-24-7-5-21(6-8-24)14-34-30(39)18-44-26-12-23(32(41)37-28)11-25(13-26)43-17-22-3-4-22/h5-8,11-13,22,28-29H,3-4,9-10,14-18H2,1-2H3,(H,34,39)(H,37,41)(H,35,36,42)/t28-,29-/m0/s1. The molecule has 4 bridgehead atoms. The molecule has 7 rings (SSSR count). The van der Waals surface area contributed by atoms with E-state index in [1.807, 2.05) is 12.1 Å². The molecular weight excluding hydrogens is 578 g/mol. The lowest BCUT2D eigenvalue weighted by Gasteiger charge is -2.21. The van der Waals surface area contributed by atoms with Gasteiger partial charge < -0.3 is 34.7 Å². The third-order valence-electron chi connectivity index (χ3n) is 8.37. The molecule has 1 saturated carbocycles. The zero-order valence-corrected chi connectivity index (χ0v) is 25.4. The van der Waals surface area contributed by atoms with E-state index in [1.54, 1.807) is 49.1 Å². The molecule has 12 nitrogen and oxygen atoms in total. The predicted octanol–water partition coefficient (Wildman–Crippen LogP) is 2.21. The summed E-state index contributed by atoms with van der Waals surface area (Å²) in [6.45, 7) is 4.74. The highest BCUT2D eigenvalue weighted by molar-refractivity contribution is 5.95. The first kappa shape index (κ1) is 30.2. The summed E-state index contributed by atoms with van der Waals surface area (Å²) in [5, 5.41) is 5.91. The van der Waals surface area contributed by atoms with Gasteiger partial charge in [-0.05, 0) is 74.4 Å². The molecule has 3 aliphatic heterocycles. The number of H-pyrrole nitrogens is 1. The molecule has 1 saturated heterocycles. The normalized spacial score (nSPS) is 19.9. The highest BCUT2D eigenvalue weighted by atomic mass is 16.5. The molecule has 3 amide bonds. The Balaban J connectivity index is 1.23. The number of hydrogen-bond acceptors (Lipinski definition) is 8. The van der Waals surface area contributed by atoms with Crippen LogP contribution in [0.15, 0.2) is 47.3 Å². The van der Waals surface area contributed by atoms with Crippen LogP contribution in [-0.4, -0.2) is 71.0 Å². The third-order valence-corrected chi connectivity index (χ3v) is 8.37. The number of nitrogens with one attached hydrogen (secondary N) is 3. The summed E-state index contributed by atoms with van der Waals surface area (Å²) in [5.41, 5.74) is 2.92. The average Bonchev–Trinajstić information content (AvgIpc) is 3.77. The van der Waals surface area contributed by atoms with Crippen LogP contribution in [0.3, 0.4) is 0 Å². The molecule has 3 aromatic rings. The first-order valence-electron chi connectivity index (χ1n) is 15.3. The molecule has 0 radical (unpaired) electrons. The number of benzene rings is 2. The Hall–Kier alpha value is -4.87. The number of ether oxygens (including phenoxy) is 3. The van der Waals surface area contributed by atoms with Gasteiger partial charge in [0.1, 0.15) is 23.4 Å². The van der Waals surface area contributed by atoms with Crippen molar-refractivity contribution in [3.05, 3.63) is 81.0 Å². The molecule has 2 atom stereocenters. The van der Waals surface area contributed by atoms with Gasteiger partial charge in [0, 0.05) is 42.5 Å². The van der Waals surface area contributed by atoms with Gasteiger partial charge in [0.05, 0.1) is 19.2 Å². The lowest BCUT2D eigenvalue weighted by Crippen LogP contribution is -2.45. The summed E-state index contributed by atoms with van der Waals surface area (Å²) >= 11 is 0. The van der Waals surface area contributed by atoms with Crippen molar-refractivity contribution in [2.45, 2.75) is 58.2 Å². The highest BCUT2D eigenvalue weighted by Crippen LogP contribution is 2.31. The van der Waals surface area contributed by atoms with Crippen LogP contribution in [-0.2, 0) is 22.6 Å². The van der Waals surface area contributed by atoms with E-state index >= 15 is 0 Å². The predicted molar refractivity (Wildman–Crippen MR) is 163 cm³/mol. The molecule has 2 fully saturated rings. The number of carbonyl (C=O) groups excluding carboxylic acids is 3. The Morgan fingerprint density at radius 2 is 1.84 bits per heavy atom. The number of aromatic amines is 1. The SMILES string of the molecule is Cc1nc(=O)[nH]c(C)c1CCC(=O)N1C[C@@H]2NC(=O)c3cc(cc(OCC4CC4)c3)OCC(=O)NCc3ccc(cc3)O[C@H]2C1. The van der Waals surface area contributed by atoms with E-state index in [0.29, 0.717) is 59.7 Å². The summed E-state index contributed by atoms with van der Waals surface area (Å²) < 4.78 is 18.1. The van der Waals surface area contributed by atoms with E-state index < -0.39 is 17.8 Å². The molecule has 0 unspecified atom stereocenters. The molecule has 4 heterocycles. The minimum absolute atomic E-state index is 0.0928. The number of likely N-dealkylation sites (tertiary alicyclic amines) is 1. The van der Waals surface area contributed by atoms with E-state index in [4.69, 9.17) is 14.2 Å². The molecule has 12 heteroatoms. The van der Waals surface area contributed by atoms with Gasteiger partial charge in [0.15, 0.2) is 6.61 Å². The van der Waals surface area contributed by atoms with Crippen LogP contribution in [0.5, 0.6) is 17.2 Å². The second kappa shape index (κ2) is 13.0. The van der Waals surface area contributed by atoms with Crippen molar-refractivity contribution < 1.29 is 28.6 Å². The van der Waals surface area contributed by atoms with E-state index in [-0.39, 0.29) is 43.8 Å². The number of rotatable bonds is 6. The van der Waals surface area contributed by atoms with Crippen molar-refractivity contribution in [2.75, 3.05) is 26.3 Å². The van der Waals surface area contributed by atoms with Gasteiger partial charge >= 0.3 is 5.69 Å². The van der Waals surface area contributed by atoms with E-state index in [2.05, 4.69) is 20.6 Å². The van der Waals surface area contributed by atoms with Crippen molar-refractivity contribution in [1.29, 1.82) is 0 Å². The van der Waals surface area contributed by atoms with E-state index in [0.717, 1.165) is 24.0 Å². The van der Waals surface area contributed by atoms with Crippen molar-refractivity contribution in [3.63, 3.8) is 0 Å². The number of carbonyl (C=O) groups is 3. The lowest BCUT2D eigenvalue weighted by atomic mass is 10.1. The Bertz CT molecular complexity index is 1620. The summed E-state index contributed by atoms with van der Waals surface area (Å²) in [6.07, 6.45) is 2.36. The topological polar surface area (TPSA) is 152 Å². The molecule has 0 spiro atoms. The zero-order chi connectivity index (χ0) is 31.5. The van der Waals surface area contributed by atoms with Crippen molar-refractivity contribution in [2.24, 2.45) is 5.92 Å². The second-order valence-electron chi connectivity index (χ2n) is 11.9. The van der Waals surface area contributed by atoms with Crippen molar-refractivity contribution in [1.82, 2.24) is 25.5 Å². The number of amides is 3. The summed E-state index contributed by atoms with van der Waals surface area (Å²) in [4.78, 5) is 59.6. The molecule has 4 aliphatic rings. The van der Waals surface area contributed by atoms with Crippen LogP contribution < -0.4 is 30.5 Å². The van der Waals surface area contributed by atoms with Crippen LogP contribution in [0.1, 0.15) is 52.1 Å². The third kappa shape index (κ3) is 7.62. The van der Waals surface area contributed by atoms with Gasteiger partial charge in [0.2, 0.25) is 5.91 Å². The van der Waals surface area contributed by atoms with E-state index in [1.165, 1.54) is 0 Å². The molecular formula is C33H37N5O7. The Labute approximate surface area is 260 Å². The molecule has 236 valence electrons. The molecule has 2 aromatic carbocycles. The minimum atomic E-state index is -0.512. The lowest BCUT2D eigenvalue weighted by molar-refractivity contribution is -0.130. The molecule has 1 aliphatic carbocycles. The van der Waals surface area contributed by atoms with Gasteiger partial charge in [-0.2, -0.15) is 4.98 Å². The number of fused-ring (bicyclic) bond motifs is 7. The maximum Gasteiger partial charge on any atom is 0.345 e. The summed E-state index contributed by atoms with van der Waals surface area (Å²) in [5.74, 6) is 1.15. The Morgan fingerprint density at radius 3 is 2.60 bits per heavy atom. The average molecular weight is 616 g/mol. The van der Waals surface area contributed by atoms with Gasteiger partial charge in [0.25, 0.3) is 11.8 Å². The van der Waals surface area contributed by atoms with Crippen LogP contribution in [0, 0.1) is 19.8 Å². The molecule has 45 heavy (non-hydrogen) atoms. The number of aromatic nitrogens is 2. The minimum Gasteiger partial charge on any atom is -0.493 e. The first-order chi connectivity index (χ1) is 21.7. The van der Waals surface area contributed by atoms with Crippen LogP contribution in [0.2, 0.25) is 0 Å². The summed E-state index contributed by atoms with van der Waals surface area (Å²) in [7, 11) is 0. The maximum atomic E-state index is 13.6. The zero-order valence-electron chi connectivity index (χ0n) is 25.4. The summed E-state index contributed by atoms with van der Waals surface area (Å²) in [6, 6.07) is 11.7. The number of nitrogens with zero attached hydrogens (tertiary/aromatic N) is 2.